The summed E-state index contributed by atoms with van der Waals surface area (Å²) in [6.07, 6.45) is 5.51. The van der Waals surface area contributed by atoms with Crippen LogP contribution in [0.25, 0.3) is 0 Å². The first-order valence-corrected chi connectivity index (χ1v) is 8.22. The van der Waals surface area contributed by atoms with Gasteiger partial charge in [0, 0.05) is 12.5 Å². The maximum atomic E-state index is 12.0. The van der Waals surface area contributed by atoms with E-state index in [2.05, 4.69) is 22.4 Å². The summed E-state index contributed by atoms with van der Waals surface area (Å²) >= 11 is 1.33. The predicted molar refractivity (Wildman–Crippen MR) is 79.8 cm³/mol. The summed E-state index contributed by atoms with van der Waals surface area (Å²) < 4.78 is 1.46. The first-order valence-electron chi connectivity index (χ1n) is 7.23. The average molecular weight is 297 g/mol. The van der Waals surface area contributed by atoms with Crippen LogP contribution in [0.15, 0.2) is 5.16 Å². The summed E-state index contributed by atoms with van der Waals surface area (Å²) in [4.78, 5) is 12.0. The van der Waals surface area contributed by atoms with Gasteiger partial charge in [-0.1, -0.05) is 38.5 Å². The Morgan fingerprint density at radius 1 is 1.45 bits per heavy atom. The number of nitrogen functional groups attached to an aromatic ring is 1. The third kappa shape index (κ3) is 3.65. The summed E-state index contributed by atoms with van der Waals surface area (Å²) in [7, 11) is 0. The summed E-state index contributed by atoms with van der Waals surface area (Å²) in [5, 5.41) is 11.7. The number of nitrogens with zero attached hydrogens (tertiary/aromatic N) is 3. The lowest BCUT2D eigenvalue weighted by molar-refractivity contribution is -0.119. The topological polar surface area (TPSA) is 85.8 Å². The van der Waals surface area contributed by atoms with E-state index in [0.29, 0.717) is 22.9 Å². The molecule has 1 fully saturated rings. The minimum absolute atomic E-state index is 0.0507. The third-order valence-electron chi connectivity index (χ3n) is 3.84. The molecule has 6 nitrogen and oxygen atoms in total. The van der Waals surface area contributed by atoms with Crippen molar-refractivity contribution in [1.82, 2.24) is 20.2 Å². The van der Waals surface area contributed by atoms with Crippen LogP contribution in [-0.2, 0) is 11.2 Å². The highest BCUT2D eigenvalue weighted by Gasteiger charge is 2.23. The van der Waals surface area contributed by atoms with Gasteiger partial charge in [-0.05, 0) is 18.8 Å². The number of aryl methyl sites for hydroxylation is 1. The van der Waals surface area contributed by atoms with E-state index in [1.54, 1.807) is 0 Å². The molecule has 0 aliphatic heterocycles. The standard InChI is InChI=1S/C13H23N5OS/c1-3-11-16-17-13(18(11)14)20-8-12(19)15-10-7-5-4-6-9(10)2/h9-10H,3-8,14H2,1-2H3,(H,15,19)/t9-,10+/m1/s1. The van der Waals surface area contributed by atoms with Gasteiger partial charge in [0.25, 0.3) is 0 Å². The van der Waals surface area contributed by atoms with Gasteiger partial charge in [0.1, 0.15) is 0 Å². The predicted octanol–water partition coefficient (Wildman–Crippen LogP) is 1.34. The number of hydrogen-bond donors (Lipinski definition) is 2. The van der Waals surface area contributed by atoms with Gasteiger partial charge in [0.05, 0.1) is 5.75 Å². The minimum Gasteiger partial charge on any atom is -0.352 e. The Balaban J connectivity index is 1.81. The van der Waals surface area contributed by atoms with Crippen molar-refractivity contribution >= 4 is 17.7 Å². The van der Waals surface area contributed by atoms with Crippen molar-refractivity contribution in [2.45, 2.75) is 57.1 Å². The first kappa shape index (κ1) is 15.2. The molecule has 0 bridgehead atoms. The number of carbonyl (C=O) groups excluding carboxylic acids is 1. The van der Waals surface area contributed by atoms with Crippen LogP contribution in [0.2, 0.25) is 0 Å². The molecule has 1 aliphatic rings. The number of aromatic nitrogens is 3. The number of hydrogen-bond acceptors (Lipinski definition) is 5. The maximum absolute atomic E-state index is 12.0. The van der Waals surface area contributed by atoms with Crippen LogP contribution < -0.4 is 11.2 Å². The van der Waals surface area contributed by atoms with E-state index >= 15 is 0 Å². The van der Waals surface area contributed by atoms with Crippen LogP contribution in [0.1, 0.15) is 45.4 Å². The van der Waals surface area contributed by atoms with Crippen molar-refractivity contribution < 1.29 is 4.79 Å². The Hall–Kier alpha value is -1.24. The van der Waals surface area contributed by atoms with Crippen LogP contribution in [0.4, 0.5) is 0 Å². The maximum Gasteiger partial charge on any atom is 0.230 e. The molecule has 7 heteroatoms. The number of carbonyl (C=O) groups is 1. The fourth-order valence-electron chi connectivity index (χ4n) is 2.56. The normalized spacial score (nSPS) is 22.7. The molecule has 0 spiro atoms. The largest absolute Gasteiger partial charge is 0.352 e. The van der Waals surface area contributed by atoms with E-state index in [1.807, 2.05) is 6.92 Å². The number of thioether (sulfide) groups is 1. The molecule has 2 rings (SSSR count). The zero-order valence-electron chi connectivity index (χ0n) is 12.1. The van der Waals surface area contributed by atoms with Crippen molar-refractivity contribution in [3.63, 3.8) is 0 Å². The number of nitrogens with two attached hydrogens (primary N) is 1. The van der Waals surface area contributed by atoms with E-state index in [1.165, 1.54) is 35.7 Å². The second-order valence-corrected chi connectivity index (χ2v) is 6.29. The quantitative estimate of drug-likeness (QED) is 0.633. The molecule has 0 radical (unpaired) electrons. The molecule has 1 aliphatic carbocycles. The molecule has 1 amide bonds. The van der Waals surface area contributed by atoms with Gasteiger partial charge < -0.3 is 11.2 Å². The van der Waals surface area contributed by atoms with Crippen LogP contribution >= 0.6 is 11.8 Å². The Morgan fingerprint density at radius 3 is 2.85 bits per heavy atom. The van der Waals surface area contributed by atoms with Crippen molar-refractivity contribution in [1.29, 1.82) is 0 Å². The second kappa shape index (κ2) is 6.97. The summed E-state index contributed by atoms with van der Waals surface area (Å²) in [5.74, 6) is 7.53. The Morgan fingerprint density at radius 2 is 2.20 bits per heavy atom. The second-order valence-electron chi connectivity index (χ2n) is 5.35. The molecule has 0 saturated heterocycles. The molecule has 1 saturated carbocycles. The molecule has 0 aromatic carbocycles. The van der Waals surface area contributed by atoms with E-state index in [9.17, 15) is 4.79 Å². The summed E-state index contributed by atoms with van der Waals surface area (Å²) in [5.41, 5.74) is 0. The fraction of sp³-hybridized carbons (Fsp3) is 0.769. The molecule has 1 heterocycles. The highest BCUT2D eigenvalue weighted by atomic mass is 32.2. The third-order valence-corrected chi connectivity index (χ3v) is 4.78. The summed E-state index contributed by atoms with van der Waals surface area (Å²) in [6.45, 7) is 4.18. The SMILES string of the molecule is CCc1nnc(SCC(=O)N[C@H]2CCCC[C@H]2C)n1N. The van der Waals surface area contributed by atoms with Crippen molar-refractivity contribution in [2.24, 2.45) is 5.92 Å². The lowest BCUT2D eigenvalue weighted by atomic mass is 9.86. The first-order chi connectivity index (χ1) is 9.61. The number of rotatable bonds is 5. The molecule has 112 valence electrons. The van der Waals surface area contributed by atoms with Crippen LogP contribution in [0, 0.1) is 5.92 Å². The molecule has 0 unspecified atom stereocenters. The van der Waals surface area contributed by atoms with Gasteiger partial charge in [0.15, 0.2) is 5.82 Å². The number of nitrogens with one attached hydrogen (secondary N) is 1. The molecule has 3 N–H and O–H groups in total. The zero-order chi connectivity index (χ0) is 14.5. The zero-order valence-corrected chi connectivity index (χ0v) is 12.9. The van der Waals surface area contributed by atoms with E-state index in [0.717, 1.165) is 18.7 Å². The van der Waals surface area contributed by atoms with Crippen LogP contribution in [-0.4, -0.2) is 32.6 Å². The molecule has 1 aromatic rings. The van der Waals surface area contributed by atoms with E-state index in [-0.39, 0.29) is 5.91 Å². The lowest BCUT2D eigenvalue weighted by Gasteiger charge is -2.29. The highest BCUT2D eigenvalue weighted by Crippen LogP contribution is 2.24. The monoisotopic (exact) mass is 297 g/mol. The fourth-order valence-corrected chi connectivity index (χ4v) is 3.24. The van der Waals surface area contributed by atoms with Crippen molar-refractivity contribution in [3.05, 3.63) is 5.82 Å². The summed E-state index contributed by atoms with van der Waals surface area (Å²) in [6, 6.07) is 0.318. The van der Waals surface area contributed by atoms with Crippen molar-refractivity contribution in [3.8, 4) is 0 Å². The molecule has 1 aromatic heterocycles. The average Bonchev–Trinajstić information content (AvgIpc) is 2.79. The minimum atomic E-state index is 0.0507. The smallest absolute Gasteiger partial charge is 0.230 e. The highest BCUT2D eigenvalue weighted by molar-refractivity contribution is 7.99. The van der Waals surface area contributed by atoms with Gasteiger partial charge in [-0.25, -0.2) is 4.68 Å². The molecule has 2 atom stereocenters. The van der Waals surface area contributed by atoms with Gasteiger partial charge in [-0.3, -0.25) is 4.79 Å². The Labute approximate surface area is 123 Å². The van der Waals surface area contributed by atoms with Gasteiger partial charge in [-0.15, -0.1) is 10.2 Å². The van der Waals surface area contributed by atoms with Crippen LogP contribution in [0.3, 0.4) is 0 Å². The van der Waals surface area contributed by atoms with E-state index in [4.69, 9.17) is 5.84 Å². The Kier molecular flexibility index (Phi) is 5.28. The molecular formula is C13H23N5OS. The molecular weight excluding hydrogens is 274 g/mol. The lowest BCUT2D eigenvalue weighted by Crippen LogP contribution is -2.41. The molecule has 20 heavy (non-hydrogen) atoms. The van der Waals surface area contributed by atoms with Crippen molar-refractivity contribution in [2.75, 3.05) is 11.6 Å². The Bertz CT molecular complexity index is 462. The van der Waals surface area contributed by atoms with Gasteiger partial charge in [0.2, 0.25) is 11.1 Å². The van der Waals surface area contributed by atoms with E-state index < -0.39 is 0 Å². The van der Waals surface area contributed by atoms with Gasteiger partial charge in [-0.2, -0.15) is 0 Å². The number of amides is 1. The van der Waals surface area contributed by atoms with Gasteiger partial charge >= 0.3 is 0 Å². The van der Waals surface area contributed by atoms with Crippen LogP contribution in [0.5, 0.6) is 0 Å².